The highest BCUT2D eigenvalue weighted by molar-refractivity contribution is 5.73. The van der Waals surface area contributed by atoms with E-state index in [2.05, 4.69) is 9.47 Å². The van der Waals surface area contributed by atoms with Gasteiger partial charge in [-0.15, -0.1) is 0 Å². The summed E-state index contributed by atoms with van der Waals surface area (Å²) in [4.78, 5) is 21.6. The SMILES string of the molecule is CCC(C(=O)OC)C(C)O.CCC(C(=O)OC)C(C)O. The van der Waals surface area contributed by atoms with Crippen LogP contribution in [0.3, 0.4) is 0 Å². The van der Waals surface area contributed by atoms with E-state index < -0.39 is 12.2 Å². The van der Waals surface area contributed by atoms with Crippen LogP contribution in [-0.2, 0) is 19.1 Å². The van der Waals surface area contributed by atoms with Gasteiger partial charge in [0.25, 0.3) is 0 Å². The molecule has 0 radical (unpaired) electrons. The molecule has 0 aliphatic heterocycles. The van der Waals surface area contributed by atoms with Gasteiger partial charge in [-0.25, -0.2) is 0 Å². The Hall–Kier alpha value is -1.14. The lowest BCUT2D eigenvalue weighted by atomic mass is 10.0. The lowest BCUT2D eigenvalue weighted by Gasteiger charge is -2.14. The number of ether oxygens (including phenoxy) is 2. The van der Waals surface area contributed by atoms with Crippen molar-refractivity contribution in [2.45, 2.75) is 52.7 Å². The molecule has 20 heavy (non-hydrogen) atoms. The van der Waals surface area contributed by atoms with Crippen LogP contribution >= 0.6 is 0 Å². The number of rotatable bonds is 6. The largest absolute Gasteiger partial charge is 0.469 e. The van der Waals surface area contributed by atoms with E-state index in [4.69, 9.17) is 10.2 Å². The zero-order valence-corrected chi connectivity index (χ0v) is 13.3. The zero-order valence-electron chi connectivity index (χ0n) is 13.3. The number of esters is 2. The second-order valence-corrected chi connectivity index (χ2v) is 4.56. The monoisotopic (exact) mass is 292 g/mol. The molecule has 0 rings (SSSR count). The van der Waals surface area contributed by atoms with Crippen LogP contribution in [0.15, 0.2) is 0 Å². The molecule has 4 atom stereocenters. The third-order valence-electron chi connectivity index (χ3n) is 3.05. The summed E-state index contributed by atoms with van der Waals surface area (Å²) in [5.41, 5.74) is 0. The van der Waals surface area contributed by atoms with Crippen molar-refractivity contribution < 1.29 is 29.3 Å². The van der Waals surface area contributed by atoms with E-state index in [-0.39, 0.29) is 23.8 Å². The van der Waals surface area contributed by atoms with Crippen molar-refractivity contribution in [2.24, 2.45) is 11.8 Å². The Balaban J connectivity index is 0. The number of hydrogen-bond acceptors (Lipinski definition) is 6. The fraction of sp³-hybridized carbons (Fsp3) is 0.857. The molecule has 0 amide bonds. The minimum absolute atomic E-state index is 0.336. The Kier molecular flexibility index (Phi) is 12.3. The van der Waals surface area contributed by atoms with Crippen LogP contribution in [0.2, 0.25) is 0 Å². The fourth-order valence-electron chi connectivity index (χ4n) is 1.71. The van der Waals surface area contributed by atoms with Gasteiger partial charge < -0.3 is 19.7 Å². The molecule has 2 N–H and O–H groups in total. The minimum atomic E-state index is -0.613. The van der Waals surface area contributed by atoms with Crippen LogP contribution in [0.1, 0.15) is 40.5 Å². The number of hydrogen-bond donors (Lipinski definition) is 2. The summed E-state index contributed by atoms with van der Waals surface area (Å²) in [7, 11) is 2.65. The van der Waals surface area contributed by atoms with E-state index in [1.165, 1.54) is 14.2 Å². The van der Waals surface area contributed by atoms with E-state index in [9.17, 15) is 9.59 Å². The number of carbonyl (C=O) groups excluding carboxylic acids is 2. The molecule has 0 aromatic rings. The quantitative estimate of drug-likeness (QED) is 0.713. The molecule has 0 aromatic heterocycles. The molecule has 0 spiro atoms. The van der Waals surface area contributed by atoms with Crippen molar-refractivity contribution in [2.75, 3.05) is 14.2 Å². The average molecular weight is 292 g/mol. The van der Waals surface area contributed by atoms with Gasteiger partial charge in [-0.2, -0.15) is 0 Å². The maximum Gasteiger partial charge on any atom is 0.311 e. The third kappa shape index (κ3) is 8.12. The van der Waals surface area contributed by atoms with Gasteiger partial charge >= 0.3 is 11.9 Å². The standard InChI is InChI=1S/2C7H14O3/c2*1-4-6(5(2)8)7(9)10-3/h2*5-6,8H,4H2,1-3H3. The second kappa shape index (κ2) is 11.7. The Morgan fingerprint density at radius 1 is 0.850 bits per heavy atom. The molecule has 0 heterocycles. The predicted octanol–water partition coefficient (Wildman–Crippen LogP) is 1.13. The van der Waals surface area contributed by atoms with Crippen LogP contribution < -0.4 is 0 Å². The number of aliphatic hydroxyl groups excluding tert-OH is 2. The van der Waals surface area contributed by atoms with Crippen molar-refractivity contribution in [1.82, 2.24) is 0 Å². The van der Waals surface area contributed by atoms with Crippen molar-refractivity contribution in [3.05, 3.63) is 0 Å². The molecule has 0 fully saturated rings. The summed E-state index contributed by atoms with van der Waals surface area (Å²) < 4.78 is 8.93. The highest BCUT2D eigenvalue weighted by Crippen LogP contribution is 2.10. The third-order valence-corrected chi connectivity index (χ3v) is 3.05. The van der Waals surface area contributed by atoms with Gasteiger partial charge in [0.15, 0.2) is 0 Å². The highest BCUT2D eigenvalue weighted by atomic mass is 16.5. The normalized spacial score (nSPS) is 16.0. The summed E-state index contributed by atoms with van der Waals surface area (Å²) in [6.45, 7) is 6.86. The van der Waals surface area contributed by atoms with Gasteiger partial charge in [0.05, 0.1) is 38.3 Å². The zero-order chi connectivity index (χ0) is 16.3. The first-order valence-electron chi connectivity index (χ1n) is 6.78. The van der Waals surface area contributed by atoms with Gasteiger partial charge in [-0.05, 0) is 26.7 Å². The van der Waals surface area contributed by atoms with Gasteiger partial charge in [-0.1, -0.05) is 13.8 Å². The van der Waals surface area contributed by atoms with E-state index in [0.29, 0.717) is 12.8 Å². The Morgan fingerprint density at radius 2 is 1.10 bits per heavy atom. The summed E-state index contributed by atoms with van der Waals surface area (Å²) in [6, 6.07) is 0. The summed E-state index contributed by atoms with van der Waals surface area (Å²) in [6.07, 6.45) is 0.00389. The van der Waals surface area contributed by atoms with Crippen LogP contribution in [0.25, 0.3) is 0 Å². The average Bonchev–Trinajstić information content (AvgIpc) is 2.39. The molecular weight excluding hydrogens is 264 g/mol. The summed E-state index contributed by atoms with van der Waals surface area (Å²) in [5.74, 6) is -1.41. The minimum Gasteiger partial charge on any atom is -0.469 e. The second-order valence-electron chi connectivity index (χ2n) is 4.56. The molecule has 0 aromatic carbocycles. The maximum absolute atomic E-state index is 10.8. The van der Waals surface area contributed by atoms with E-state index in [1.807, 2.05) is 13.8 Å². The number of methoxy groups -OCH3 is 2. The predicted molar refractivity (Wildman–Crippen MR) is 75.0 cm³/mol. The molecule has 0 aliphatic carbocycles. The topological polar surface area (TPSA) is 93.1 Å². The van der Waals surface area contributed by atoms with Crippen molar-refractivity contribution >= 4 is 11.9 Å². The molecule has 6 heteroatoms. The van der Waals surface area contributed by atoms with E-state index >= 15 is 0 Å². The molecular formula is C14H28O6. The van der Waals surface area contributed by atoms with E-state index in [0.717, 1.165) is 0 Å². The van der Waals surface area contributed by atoms with Crippen molar-refractivity contribution in [3.63, 3.8) is 0 Å². The lowest BCUT2D eigenvalue weighted by Crippen LogP contribution is -2.26. The first kappa shape index (κ1) is 21.2. The molecule has 4 unspecified atom stereocenters. The molecule has 6 nitrogen and oxygen atoms in total. The molecule has 0 saturated heterocycles. The van der Waals surface area contributed by atoms with E-state index in [1.54, 1.807) is 13.8 Å². The maximum atomic E-state index is 10.8. The Morgan fingerprint density at radius 3 is 1.15 bits per heavy atom. The first-order valence-corrected chi connectivity index (χ1v) is 6.78. The Labute approximate surface area is 121 Å². The first-order chi connectivity index (χ1) is 9.26. The molecule has 0 aliphatic rings. The van der Waals surface area contributed by atoms with Gasteiger partial charge in [-0.3, -0.25) is 9.59 Å². The molecule has 0 bridgehead atoms. The highest BCUT2D eigenvalue weighted by Gasteiger charge is 2.22. The van der Waals surface area contributed by atoms with Crippen molar-refractivity contribution in [1.29, 1.82) is 0 Å². The number of aliphatic hydroxyl groups is 2. The van der Waals surface area contributed by atoms with Gasteiger partial charge in [0.1, 0.15) is 0 Å². The van der Waals surface area contributed by atoms with Gasteiger partial charge in [0.2, 0.25) is 0 Å². The van der Waals surface area contributed by atoms with Crippen LogP contribution in [0.4, 0.5) is 0 Å². The molecule has 120 valence electrons. The smallest absolute Gasteiger partial charge is 0.311 e. The summed E-state index contributed by atoms with van der Waals surface area (Å²) >= 11 is 0. The van der Waals surface area contributed by atoms with Crippen molar-refractivity contribution in [3.8, 4) is 0 Å². The number of carbonyl (C=O) groups is 2. The van der Waals surface area contributed by atoms with Gasteiger partial charge in [0, 0.05) is 0 Å². The van der Waals surface area contributed by atoms with Crippen LogP contribution in [0, 0.1) is 11.8 Å². The fourth-order valence-corrected chi connectivity index (χ4v) is 1.71. The Bertz CT molecular complexity index is 247. The lowest BCUT2D eigenvalue weighted by molar-refractivity contribution is -0.150. The summed E-state index contributed by atoms with van der Waals surface area (Å²) in [5, 5.41) is 18.0. The molecule has 0 saturated carbocycles. The van der Waals surface area contributed by atoms with Crippen LogP contribution in [0.5, 0.6) is 0 Å². The van der Waals surface area contributed by atoms with Crippen LogP contribution in [-0.4, -0.2) is 48.6 Å².